The van der Waals surface area contributed by atoms with Gasteiger partial charge in [-0.1, -0.05) is 19.1 Å². The summed E-state index contributed by atoms with van der Waals surface area (Å²) in [5.74, 6) is 0. The lowest BCUT2D eigenvalue weighted by molar-refractivity contribution is 0.252. The van der Waals surface area contributed by atoms with Crippen molar-refractivity contribution < 1.29 is 4.79 Å². The van der Waals surface area contributed by atoms with E-state index in [0.717, 1.165) is 23.0 Å². The second-order valence-corrected chi connectivity index (χ2v) is 3.63. The van der Waals surface area contributed by atoms with E-state index in [-0.39, 0.29) is 6.03 Å². The number of benzene rings is 1. The minimum absolute atomic E-state index is 0.163. The molecule has 0 aliphatic carbocycles. The number of anilines is 1. The van der Waals surface area contributed by atoms with Crippen LogP contribution in [0.4, 0.5) is 10.5 Å². The summed E-state index contributed by atoms with van der Waals surface area (Å²) >= 11 is 0. The lowest BCUT2D eigenvalue weighted by Crippen LogP contribution is -2.29. The number of amides is 2. The van der Waals surface area contributed by atoms with Gasteiger partial charge < -0.3 is 15.6 Å². The number of carbonyl (C=O) groups is 1. The summed E-state index contributed by atoms with van der Waals surface area (Å²) in [5.41, 5.74) is 1.75. The first kappa shape index (κ1) is 10.5. The van der Waals surface area contributed by atoms with E-state index in [2.05, 4.69) is 15.6 Å². The van der Waals surface area contributed by atoms with E-state index in [0.29, 0.717) is 6.54 Å². The van der Waals surface area contributed by atoms with Crippen LogP contribution in [0.3, 0.4) is 0 Å². The molecule has 3 N–H and O–H groups in total. The van der Waals surface area contributed by atoms with Crippen LogP contribution in [0.15, 0.2) is 30.5 Å². The Morgan fingerprint density at radius 3 is 3.06 bits per heavy atom. The van der Waals surface area contributed by atoms with Gasteiger partial charge in [0.05, 0.1) is 11.2 Å². The molecule has 0 spiro atoms. The third-order valence-corrected chi connectivity index (χ3v) is 2.37. The minimum Gasteiger partial charge on any atom is -0.359 e. The zero-order chi connectivity index (χ0) is 11.4. The molecule has 16 heavy (non-hydrogen) atoms. The second kappa shape index (κ2) is 4.70. The standard InChI is InChI=1S/C12H15N3O/c1-2-7-14-12(16)15-10-5-3-4-9-6-8-13-11(9)10/h3-6,8,13H,2,7H2,1H3,(H2,14,15,16). The average Bonchev–Trinajstić information content (AvgIpc) is 2.75. The van der Waals surface area contributed by atoms with Gasteiger partial charge in [0.2, 0.25) is 0 Å². The Labute approximate surface area is 94.0 Å². The predicted octanol–water partition coefficient (Wildman–Crippen LogP) is 2.70. The van der Waals surface area contributed by atoms with Crippen molar-refractivity contribution in [1.29, 1.82) is 0 Å². The molecule has 2 rings (SSSR count). The number of rotatable bonds is 3. The summed E-state index contributed by atoms with van der Waals surface area (Å²) in [6, 6.07) is 7.62. The molecule has 0 unspecified atom stereocenters. The van der Waals surface area contributed by atoms with E-state index in [1.165, 1.54) is 0 Å². The summed E-state index contributed by atoms with van der Waals surface area (Å²) in [5, 5.41) is 6.69. The van der Waals surface area contributed by atoms with Crippen molar-refractivity contribution in [2.24, 2.45) is 0 Å². The number of aromatic nitrogens is 1. The molecule has 0 bridgehead atoms. The van der Waals surface area contributed by atoms with E-state index >= 15 is 0 Å². The van der Waals surface area contributed by atoms with Crippen LogP contribution < -0.4 is 10.6 Å². The van der Waals surface area contributed by atoms with Gasteiger partial charge >= 0.3 is 6.03 Å². The predicted molar refractivity (Wildman–Crippen MR) is 65.6 cm³/mol. The summed E-state index contributed by atoms with van der Waals surface area (Å²) < 4.78 is 0. The van der Waals surface area contributed by atoms with Gasteiger partial charge in [0.25, 0.3) is 0 Å². The molecule has 0 aliphatic rings. The maximum atomic E-state index is 11.5. The Balaban J connectivity index is 2.14. The molecule has 1 aromatic heterocycles. The third-order valence-electron chi connectivity index (χ3n) is 2.37. The van der Waals surface area contributed by atoms with E-state index < -0.39 is 0 Å². The van der Waals surface area contributed by atoms with Gasteiger partial charge in [0.15, 0.2) is 0 Å². The smallest absolute Gasteiger partial charge is 0.319 e. The van der Waals surface area contributed by atoms with Crippen molar-refractivity contribution in [3.05, 3.63) is 30.5 Å². The van der Waals surface area contributed by atoms with Crippen LogP contribution in [0.1, 0.15) is 13.3 Å². The lowest BCUT2D eigenvalue weighted by atomic mass is 10.2. The number of hydrogen-bond donors (Lipinski definition) is 3. The Morgan fingerprint density at radius 1 is 1.38 bits per heavy atom. The topological polar surface area (TPSA) is 56.9 Å². The molecular formula is C12H15N3O. The van der Waals surface area contributed by atoms with Gasteiger partial charge in [-0.25, -0.2) is 4.79 Å². The van der Waals surface area contributed by atoms with Crippen LogP contribution in [-0.4, -0.2) is 17.6 Å². The zero-order valence-electron chi connectivity index (χ0n) is 9.21. The first-order valence-electron chi connectivity index (χ1n) is 5.42. The van der Waals surface area contributed by atoms with E-state index in [1.54, 1.807) is 0 Å². The first-order valence-corrected chi connectivity index (χ1v) is 5.42. The van der Waals surface area contributed by atoms with Gasteiger partial charge in [-0.2, -0.15) is 0 Å². The highest BCUT2D eigenvalue weighted by atomic mass is 16.2. The van der Waals surface area contributed by atoms with Crippen LogP contribution in [0.2, 0.25) is 0 Å². The van der Waals surface area contributed by atoms with Crippen molar-refractivity contribution in [1.82, 2.24) is 10.3 Å². The maximum absolute atomic E-state index is 11.5. The highest BCUT2D eigenvalue weighted by molar-refractivity contribution is 5.99. The van der Waals surface area contributed by atoms with Crippen molar-refractivity contribution in [3.63, 3.8) is 0 Å². The van der Waals surface area contributed by atoms with Crippen molar-refractivity contribution in [2.45, 2.75) is 13.3 Å². The number of carbonyl (C=O) groups excluding carboxylic acids is 1. The molecule has 0 radical (unpaired) electrons. The molecule has 2 amide bonds. The molecule has 1 aromatic carbocycles. The summed E-state index contributed by atoms with van der Waals surface area (Å²) in [4.78, 5) is 14.6. The fourth-order valence-corrected chi connectivity index (χ4v) is 1.59. The van der Waals surface area contributed by atoms with Gasteiger partial charge in [0.1, 0.15) is 0 Å². The van der Waals surface area contributed by atoms with E-state index in [4.69, 9.17) is 0 Å². The van der Waals surface area contributed by atoms with Crippen LogP contribution in [0.5, 0.6) is 0 Å². The van der Waals surface area contributed by atoms with Gasteiger partial charge in [-0.05, 0) is 18.6 Å². The van der Waals surface area contributed by atoms with Crippen LogP contribution in [0.25, 0.3) is 10.9 Å². The number of hydrogen-bond acceptors (Lipinski definition) is 1. The number of urea groups is 1. The molecule has 4 heteroatoms. The Hall–Kier alpha value is -1.97. The molecule has 0 saturated carbocycles. The lowest BCUT2D eigenvalue weighted by Gasteiger charge is -2.07. The number of nitrogens with one attached hydrogen (secondary N) is 3. The molecule has 2 aromatic rings. The summed E-state index contributed by atoms with van der Waals surface area (Å²) in [6.45, 7) is 2.71. The molecule has 0 atom stereocenters. The van der Waals surface area contributed by atoms with Crippen molar-refractivity contribution in [3.8, 4) is 0 Å². The van der Waals surface area contributed by atoms with Crippen molar-refractivity contribution in [2.75, 3.05) is 11.9 Å². The largest absolute Gasteiger partial charge is 0.359 e. The van der Waals surface area contributed by atoms with Gasteiger partial charge in [-0.3, -0.25) is 0 Å². The molecule has 4 nitrogen and oxygen atoms in total. The molecule has 1 heterocycles. The monoisotopic (exact) mass is 217 g/mol. The third kappa shape index (κ3) is 2.16. The molecular weight excluding hydrogens is 202 g/mol. The number of H-pyrrole nitrogens is 1. The van der Waals surface area contributed by atoms with E-state index in [9.17, 15) is 4.79 Å². The number of aromatic amines is 1. The second-order valence-electron chi connectivity index (χ2n) is 3.63. The SMILES string of the molecule is CCCNC(=O)Nc1cccc2cc[nH]c12. The van der Waals surface area contributed by atoms with Crippen LogP contribution >= 0.6 is 0 Å². The Bertz CT molecular complexity index is 490. The molecule has 0 saturated heterocycles. The number of fused-ring (bicyclic) bond motifs is 1. The fourth-order valence-electron chi connectivity index (χ4n) is 1.59. The van der Waals surface area contributed by atoms with Gasteiger partial charge in [0, 0.05) is 18.1 Å². The highest BCUT2D eigenvalue weighted by Gasteiger charge is 2.04. The fraction of sp³-hybridized carbons (Fsp3) is 0.250. The molecule has 84 valence electrons. The minimum atomic E-state index is -0.163. The first-order chi connectivity index (χ1) is 7.81. The normalized spacial score (nSPS) is 10.3. The van der Waals surface area contributed by atoms with Gasteiger partial charge in [-0.15, -0.1) is 0 Å². The summed E-state index contributed by atoms with van der Waals surface area (Å²) in [7, 11) is 0. The Kier molecular flexibility index (Phi) is 3.10. The van der Waals surface area contributed by atoms with Crippen LogP contribution in [0, 0.1) is 0 Å². The van der Waals surface area contributed by atoms with Crippen LogP contribution in [-0.2, 0) is 0 Å². The summed E-state index contributed by atoms with van der Waals surface area (Å²) in [6.07, 6.45) is 2.79. The van der Waals surface area contributed by atoms with E-state index in [1.807, 2.05) is 37.4 Å². The quantitative estimate of drug-likeness (QED) is 0.727. The maximum Gasteiger partial charge on any atom is 0.319 e. The molecule has 0 fully saturated rings. The molecule has 0 aliphatic heterocycles. The highest BCUT2D eigenvalue weighted by Crippen LogP contribution is 2.21. The Morgan fingerprint density at radius 2 is 2.25 bits per heavy atom. The number of para-hydroxylation sites is 1. The zero-order valence-corrected chi connectivity index (χ0v) is 9.21. The van der Waals surface area contributed by atoms with Crippen molar-refractivity contribution >= 4 is 22.6 Å². The average molecular weight is 217 g/mol.